The molecular weight excluding hydrogens is 278 g/mol. The molecule has 0 aromatic heterocycles. The van der Waals surface area contributed by atoms with Crippen LogP contribution in [0.15, 0.2) is 24.3 Å². The third-order valence-corrected chi connectivity index (χ3v) is 4.04. The zero-order chi connectivity index (χ0) is 15.3. The fourth-order valence-electron chi connectivity index (χ4n) is 1.51. The molecule has 1 N–H and O–H groups in total. The van der Waals surface area contributed by atoms with Crippen LogP contribution in [0.3, 0.4) is 0 Å². The first-order valence-electron chi connectivity index (χ1n) is 6.18. The third-order valence-electron chi connectivity index (χ3n) is 2.84. The quantitative estimate of drug-likeness (QED) is 0.824. The Bertz CT molecular complexity index is 553. The average molecular weight is 299 g/mol. The van der Waals surface area contributed by atoms with Crippen LogP contribution in [0.25, 0.3) is 0 Å². The minimum Gasteiger partial charge on any atom is -0.351 e. The fraction of sp³-hybridized carbons (Fsp3) is 0.462. The lowest BCUT2D eigenvalue weighted by molar-refractivity contribution is 0.0951. The van der Waals surface area contributed by atoms with E-state index in [0.29, 0.717) is 17.8 Å². The van der Waals surface area contributed by atoms with Crippen molar-refractivity contribution in [2.75, 3.05) is 44.8 Å². The van der Waals surface area contributed by atoms with Crippen LogP contribution in [-0.2, 0) is 10.0 Å². The Labute approximate surface area is 120 Å². The van der Waals surface area contributed by atoms with Crippen LogP contribution < -0.4 is 9.62 Å². The molecule has 20 heavy (non-hydrogen) atoms. The van der Waals surface area contributed by atoms with Crippen LogP contribution in [0.2, 0.25) is 0 Å². The van der Waals surface area contributed by atoms with Gasteiger partial charge in [0, 0.05) is 25.7 Å². The number of amides is 1. The Morgan fingerprint density at radius 1 is 1.15 bits per heavy atom. The SMILES string of the molecule is CN(C)CCNC(=O)c1ccc(N(C)S(C)(=O)=O)cc1. The summed E-state index contributed by atoms with van der Waals surface area (Å²) in [6, 6.07) is 6.45. The molecule has 0 fully saturated rings. The maximum atomic E-state index is 11.8. The van der Waals surface area contributed by atoms with Gasteiger partial charge in [0.1, 0.15) is 0 Å². The molecule has 0 aliphatic rings. The number of hydrogen-bond donors (Lipinski definition) is 1. The van der Waals surface area contributed by atoms with Gasteiger partial charge in [-0.2, -0.15) is 0 Å². The highest BCUT2D eigenvalue weighted by Crippen LogP contribution is 2.16. The normalized spacial score (nSPS) is 11.4. The van der Waals surface area contributed by atoms with Crippen molar-refractivity contribution in [1.82, 2.24) is 10.2 Å². The predicted molar refractivity (Wildman–Crippen MR) is 80.6 cm³/mol. The summed E-state index contributed by atoms with van der Waals surface area (Å²) in [6.45, 7) is 1.33. The average Bonchev–Trinajstić information content (AvgIpc) is 2.36. The van der Waals surface area contributed by atoms with Crippen LogP contribution in [-0.4, -0.2) is 59.7 Å². The van der Waals surface area contributed by atoms with Crippen molar-refractivity contribution in [3.8, 4) is 0 Å². The van der Waals surface area contributed by atoms with Crippen LogP contribution in [0.4, 0.5) is 5.69 Å². The number of carbonyl (C=O) groups excluding carboxylic acids is 1. The summed E-state index contributed by atoms with van der Waals surface area (Å²) in [6.07, 6.45) is 1.13. The van der Waals surface area contributed by atoms with E-state index in [1.807, 2.05) is 19.0 Å². The Morgan fingerprint density at radius 2 is 1.70 bits per heavy atom. The summed E-state index contributed by atoms with van der Waals surface area (Å²) in [4.78, 5) is 13.8. The standard InChI is InChI=1S/C13H21N3O3S/c1-15(2)10-9-14-13(17)11-5-7-12(8-6-11)16(3)20(4,18)19/h5-8H,9-10H2,1-4H3,(H,14,17). The highest BCUT2D eigenvalue weighted by Gasteiger charge is 2.12. The first-order chi connectivity index (χ1) is 9.21. The molecule has 0 radical (unpaired) electrons. The molecule has 0 saturated carbocycles. The Hall–Kier alpha value is -1.60. The Morgan fingerprint density at radius 3 is 2.15 bits per heavy atom. The largest absolute Gasteiger partial charge is 0.351 e. The van der Waals surface area contributed by atoms with Crippen molar-refractivity contribution >= 4 is 21.6 Å². The van der Waals surface area contributed by atoms with E-state index in [1.165, 1.54) is 11.4 Å². The zero-order valence-corrected chi connectivity index (χ0v) is 13.1. The van der Waals surface area contributed by atoms with E-state index in [-0.39, 0.29) is 5.91 Å². The molecule has 7 heteroatoms. The van der Waals surface area contributed by atoms with Gasteiger partial charge in [-0.15, -0.1) is 0 Å². The van der Waals surface area contributed by atoms with Crippen molar-refractivity contribution in [3.05, 3.63) is 29.8 Å². The summed E-state index contributed by atoms with van der Waals surface area (Å²) >= 11 is 0. The molecule has 0 aliphatic heterocycles. The second-order valence-electron chi connectivity index (χ2n) is 4.84. The molecule has 6 nitrogen and oxygen atoms in total. The summed E-state index contributed by atoms with van der Waals surface area (Å²) in [5.41, 5.74) is 1.03. The van der Waals surface area contributed by atoms with Gasteiger partial charge < -0.3 is 10.2 Å². The van der Waals surface area contributed by atoms with Gasteiger partial charge in [0.25, 0.3) is 5.91 Å². The van der Waals surface area contributed by atoms with Gasteiger partial charge in [0.15, 0.2) is 0 Å². The van der Waals surface area contributed by atoms with Crippen LogP contribution in [0.1, 0.15) is 10.4 Å². The highest BCUT2D eigenvalue weighted by atomic mass is 32.2. The molecule has 1 amide bonds. The zero-order valence-electron chi connectivity index (χ0n) is 12.3. The molecule has 1 aromatic carbocycles. The third kappa shape index (κ3) is 4.82. The first kappa shape index (κ1) is 16.5. The number of rotatable bonds is 6. The molecule has 112 valence electrons. The second kappa shape index (κ2) is 6.71. The summed E-state index contributed by atoms with van der Waals surface area (Å²) in [7, 11) is 2.05. The molecule has 0 unspecified atom stereocenters. The van der Waals surface area contributed by atoms with Crippen molar-refractivity contribution in [3.63, 3.8) is 0 Å². The number of benzene rings is 1. The number of nitrogens with zero attached hydrogens (tertiary/aromatic N) is 2. The molecule has 0 aliphatic carbocycles. The van der Waals surface area contributed by atoms with E-state index < -0.39 is 10.0 Å². The van der Waals surface area contributed by atoms with Gasteiger partial charge in [-0.3, -0.25) is 9.10 Å². The van der Waals surface area contributed by atoms with Crippen molar-refractivity contribution in [2.24, 2.45) is 0 Å². The van der Waals surface area contributed by atoms with E-state index in [2.05, 4.69) is 5.32 Å². The smallest absolute Gasteiger partial charge is 0.251 e. The lowest BCUT2D eigenvalue weighted by Gasteiger charge is -2.16. The molecule has 0 bridgehead atoms. The van der Waals surface area contributed by atoms with E-state index in [9.17, 15) is 13.2 Å². The van der Waals surface area contributed by atoms with Crippen molar-refractivity contribution in [2.45, 2.75) is 0 Å². The monoisotopic (exact) mass is 299 g/mol. The number of sulfonamides is 1. The molecule has 0 heterocycles. The molecule has 1 aromatic rings. The summed E-state index contributed by atoms with van der Waals surface area (Å²) in [5.74, 6) is -0.166. The molecular formula is C13H21N3O3S. The number of likely N-dealkylation sites (N-methyl/N-ethyl adjacent to an activating group) is 1. The molecule has 0 spiro atoms. The Balaban J connectivity index is 2.69. The lowest BCUT2D eigenvalue weighted by Crippen LogP contribution is -2.31. The van der Waals surface area contributed by atoms with E-state index >= 15 is 0 Å². The van der Waals surface area contributed by atoms with Gasteiger partial charge in [-0.05, 0) is 38.4 Å². The van der Waals surface area contributed by atoms with Gasteiger partial charge in [0.2, 0.25) is 10.0 Å². The second-order valence-corrected chi connectivity index (χ2v) is 6.85. The maximum Gasteiger partial charge on any atom is 0.251 e. The number of nitrogens with one attached hydrogen (secondary N) is 1. The number of anilines is 1. The van der Waals surface area contributed by atoms with E-state index in [0.717, 1.165) is 12.8 Å². The van der Waals surface area contributed by atoms with Gasteiger partial charge >= 0.3 is 0 Å². The minimum atomic E-state index is -3.29. The molecule has 0 saturated heterocycles. The maximum absolute atomic E-state index is 11.8. The van der Waals surface area contributed by atoms with Gasteiger partial charge in [-0.25, -0.2) is 8.42 Å². The molecule has 0 atom stereocenters. The van der Waals surface area contributed by atoms with Crippen LogP contribution >= 0.6 is 0 Å². The van der Waals surface area contributed by atoms with Gasteiger partial charge in [-0.1, -0.05) is 0 Å². The van der Waals surface area contributed by atoms with E-state index in [1.54, 1.807) is 24.3 Å². The minimum absolute atomic E-state index is 0.166. The topological polar surface area (TPSA) is 69.7 Å². The van der Waals surface area contributed by atoms with Crippen LogP contribution in [0, 0.1) is 0 Å². The number of hydrogen-bond acceptors (Lipinski definition) is 4. The highest BCUT2D eigenvalue weighted by molar-refractivity contribution is 7.92. The first-order valence-corrected chi connectivity index (χ1v) is 8.03. The summed E-state index contributed by atoms with van der Waals surface area (Å²) < 4.78 is 24.0. The molecule has 1 rings (SSSR count). The van der Waals surface area contributed by atoms with Gasteiger partial charge in [0.05, 0.1) is 11.9 Å². The van der Waals surface area contributed by atoms with Crippen molar-refractivity contribution in [1.29, 1.82) is 0 Å². The summed E-state index contributed by atoms with van der Waals surface area (Å²) in [5, 5.41) is 2.80. The van der Waals surface area contributed by atoms with Crippen molar-refractivity contribution < 1.29 is 13.2 Å². The lowest BCUT2D eigenvalue weighted by atomic mass is 10.2. The fourth-order valence-corrected chi connectivity index (χ4v) is 2.01. The Kier molecular flexibility index (Phi) is 5.52. The number of carbonyl (C=O) groups is 1. The van der Waals surface area contributed by atoms with E-state index in [4.69, 9.17) is 0 Å². The predicted octanol–water partition coefficient (Wildman–Crippen LogP) is 0.374. The van der Waals surface area contributed by atoms with Crippen LogP contribution in [0.5, 0.6) is 0 Å².